The fourth-order valence-corrected chi connectivity index (χ4v) is 5.01. The molecule has 1 saturated heterocycles. The summed E-state index contributed by atoms with van der Waals surface area (Å²) in [6.07, 6.45) is 5.42. The Bertz CT molecular complexity index is 975. The molecule has 8 nitrogen and oxygen atoms in total. The van der Waals surface area contributed by atoms with Crippen molar-refractivity contribution in [3.8, 4) is 0 Å². The van der Waals surface area contributed by atoms with Gasteiger partial charge in [-0.1, -0.05) is 6.42 Å². The zero-order valence-electron chi connectivity index (χ0n) is 18.3. The van der Waals surface area contributed by atoms with Crippen LogP contribution in [0.3, 0.4) is 0 Å². The molecule has 1 saturated carbocycles. The number of nitrogens with zero attached hydrogens (tertiary/aromatic N) is 4. The van der Waals surface area contributed by atoms with Gasteiger partial charge in [0.25, 0.3) is 5.91 Å². The zero-order chi connectivity index (χ0) is 22.7. The maximum absolute atomic E-state index is 12.7. The zero-order valence-corrected chi connectivity index (χ0v) is 20.4. The lowest BCUT2D eigenvalue weighted by Crippen LogP contribution is -2.47. The van der Waals surface area contributed by atoms with Crippen LogP contribution in [0.25, 0.3) is 0 Å². The summed E-state index contributed by atoms with van der Waals surface area (Å²) in [6.45, 7) is 3.32. The van der Waals surface area contributed by atoms with Crippen LogP contribution in [0.4, 0.5) is 11.6 Å². The Labute approximate surface area is 202 Å². The van der Waals surface area contributed by atoms with Crippen LogP contribution in [0.15, 0.2) is 30.5 Å². The minimum atomic E-state index is -0.207. The largest absolute Gasteiger partial charge is 0.369 e. The number of anilines is 2. The molecule has 170 valence electrons. The third-order valence-electron chi connectivity index (χ3n) is 6.48. The molecule has 1 aromatic carbocycles. The number of carbonyl (C=O) groups is 2. The van der Waals surface area contributed by atoms with Crippen LogP contribution >= 0.6 is 22.6 Å². The van der Waals surface area contributed by atoms with Crippen LogP contribution in [-0.2, 0) is 11.2 Å². The molecule has 4 rings (SSSR count). The monoisotopic (exact) mass is 548 g/mol. The Morgan fingerprint density at radius 2 is 1.88 bits per heavy atom. The van der Waals surface area contributed by atoms with Crippen molar-refractivity contribution in [2.75, 3.05) is 38.5 Å². The number of aromatic nitrogens is 2. The number of likely N-dealkylation sites (N-methyl/N-ethyl adjacent to an activating group) is 1. The maximum atomic E-state index is 12.7. The smallest absolute Gasteiger partial charge is 0.253 e. The van der Waals surface area contributed by atoms with Crippen molar-refractivity contribution in [2.45, 2.75) is 25.7 Å². The summed E-state index contributed by atoms with van der Waals surface area (Å²) < 4.78 is 0.983. The molecule has 32 heavy (non-hydrogen) atoms. The lowest BCUT2D eigenvalue weighted by Gasteiger charge is -2.32. The number of rotatable bonds is 6. The molecule has 2 heterocycles. The number of nitrogens with one attached hydrogen (secondary N) is 1. The first kappa shape index (κ1) is 22.9. The SMILES string of the molecule is CN1CCN(C(=O)c2ccc(Nc3ncc(I)c(C[C@@H]4CCC[C@@H]4C(N)=O)n3)cc2)CC1. The quantitative estimate of drug-likeness (QED) is 0.539. The number of halogens is 1. The summed E-state index contributed by atoms with van der Waals surface area (Å²) in [5, 5.41) is 3.23. The summed E-state index contributed by atoms with van der Waals surface area (Å²) in [7, 11) is 2.07. The van der Waals surface area contributed by atoms with E-state index in [1.165, 1.54) is 0 Å². The molecule has 0 radical (unpaired) electrons. The van der Waals surface area contributed by atoms with Gasteiger partial charge in [-0.15, -0.1) is 0 Å². The van der Waals surface area contributed by atoms with Gasteiger partial charge >= 0.3 is 0 Å². The van der Waals surface area contributed by atoms with Gasteiger partial charge in [0, 0.05) is 49.5 Å². The van der Waals surface area contributed by atoms with Gasteiger partial charge in [0.1, 0.15) is 0 Å². The number of nitrogens with two attached hydrogens (primary N) is 1. The molecule has 3 N–H and O–H groups in total. The van der Waals surface area contributed by atoms with Gasteiger partial charge in [0.05, 0.1) is 9.26 Å². The molecule has 0 spiro atoms. The molecule has 0 unspecified atom stereocenters. The highest BCUT2D eigenvalue weighted by molar-refractivity contribution is 14.1. The lowest BCUT2D eigenvalue weighted by molar-refractivity contribution is -0.122. The van der Waals surface area contributed by atoms with Crippen molar-refractivity contribution in [3.05, 3.63) is 45.3 Å². The molecule has 2 aromatic rings. The van der Waals surface area contributed by atoms with E-state index in [9.17, 15) is 9.59 Å². The predicted octanol–water partition coefficient (Wildman–Crippen LogP) is 2.66. The maximum Gasteiger partial charge on any atom is 0.253 e. The lowest BCUT2D eigenvalue weighted by atomic mass is 9.91. The normalized spacial score (nSPS) is 21.5. The molecule has 1 aliphatic carbocycles. The second kappa shape index (κ2) is 10.1. The first-order valence-corrected chi connectivity index (χ1v) is 12.1. The van der Waals surface area contributed by atoms with E-state index in [1.807, 2.05) is 29.2 Å². The topological polar surface area (TPSA) is 104 Å². The van der Waals surface area contributed by atoms with Crippen molar-refractivity contribution >= 4 is 46.0 Å². The van der Waals surface area contributed by atoms with Crippen molar-refractivity contribution < 1.29 is 9.59 Å². The second-order valence-electron chi connectivity index (χ2n) is 8.69. The van der Waals surface area contributed by atoms with Gasteiger partial charge in [-0.3, -0.25) is 9.59 Å². The number of carbonyl (C=O) groups excluding carboxylic acids is 2. The number of benzene rings is 1. The van der Waals surface area contributed by atoms with Crippen molar-refractivity contribution in [1.82, 2.24) is 19.8 Å². The van der Waals surface area contributed by atoms with Crippen molar-refractivity contribution in [3.63, 3.8) is 0 Å². The second-order valence-corrected chi connectivity index (χ2v) is 9.85. The van der Waals surface area contributed by atoms with Crippen LogP contribution in [0.2, 0.25) is 0 Å². The van der Waals surface area contributed by atoms with E-state index in [2.05, 4.69) is 44.8 Å². The molecular formula is C23H29IN6O2. The molecule has 2 fully saturated rings. The standard InChI is InChI=1S/C23H29IN6O2/c1-29-9-11-30(12-10-29)22(32)15-5-7-17(8-6-15)27-23-26-14-19(24)20(28-23)13-16-3-2-4-18(16)21(25)31/h5-8,14,16,18H,2-4,9-13H2,1H3,(H2,25,31)(H,26,27,28)/t16-,18-/m0/s1. The summed E-state index contributed by atoms with van der Waals surface area (Å²) >= 11 is 2.24. The van der Waals surface area contributed by atoms with Gasteiger partial charge in [0.2, 0.25) is 11.9 Å². The molecular weight excluding hydrogens is 519 g/mol. The van der Waals surface area contributed by atoms with E-state index in [0.29, 0.717) is 11.5 Å². The molecule has 1 aromatic heterocycles. The minimum Gasteiger partial charge on any atom is -0.369 e. The summed E-state index contributed by atoms with van der Waals surface area (Å²) in [4.78, 5) is 37.7. The van der Waals surface area contributed by atoms with Crippen LogP contribution in [0.1, 0.15) is 35.3 Å². The van der Waals surface area contributed by atoms with Gasteiger partial charge in [-0.25, -0.2) is 9.97 Å². The van der Waals surface area contributed by atoms with Crippen LogP contribution in [-0.4, -0.2) is 64.8 Å². The predicted molar refractivity (Wildman–Crippen MR) is 132 cm³/mol. The average Bonchev–Trinajstić information content (AvgIpc) is 3.25. The first-order valence-electron chi connectivity index (χ1n) is 11.1. The first-order chi connectivity index (χ1) is 15.4. The Kier molecular flexibility index (Phi) is 7.24. The minimum absolute atomic E-state index is 0.0671. The molecule has 2 aliphatic rings. The fraction of sp³-hybridized carbons (Fsp3) is 0.478. The van der Waals surface area contributed by atoms with Crippen LogP contribution < -0.4 is 11.1 Å². The molecule has 1 aliphatic heterocycles. The summed E-state index contributed by atoms with van der Waals surface area (Å²) in [6, 6.07) is 7.44. The van der Waals surface area contributed by atoms with E-state index in [4.69, 9.17) is 10.7 Å². The summed E-state index contributed by atoms with van der Waals surface area (Å²) in [5.74, 6) is 0.539. The number of piperazine rings is 1. The van der Waals surface area contributed by atoms with Gasteiger partial charge in [-0.2, -0.15) is 0 Å². The number of primary amides is 1. The van der Waals surface area contributed by atoms with Crippen molar-refractivity contribution in [1.29, 1.82) is 0 Å². The van der Waals surface area contributed by atoms with E-state index in [-0.39, 0.29) is 23.7 Å². The highest BCUT2D eigenvalue weighted by Gasteiger charge is 2.32. The van der Waals surface area contributed by atoms with E-state index >= 15 is 0 Å². The van der Waals surface area contributed by atoms with Crippen LogP contribution in [0, 0.1) is 15.4 Å². The number of hydrogen-bond donors (Lipinski definition) is 2. The number of amides is 2. The van der Waals surface area contributed by atoms with Gasteiger partial charge in [0.15, 0.2) is 0 Å². The Hall–Kier alpha value is -2.27. The van der Waals surface area contributed by atoms with E-state index < -0.39 is 0 Å². The third kappa shape index (κ3) is 5.37. The Balaban J connectivity index is 1.41. The van der Waals surface area contributed by atoms with Gasteiger partial charge in [-0.05, 0) is 79.1 Å². The highest BCUT2D eigenvalue weighted by atomic mass is 127. The molecule has 2 amide bonds. The van der Waals surface area contributed by atoms with Crippen LogP contribution in [0.5, 0.6) is 0 Å². The summed E-state index contributed by atoms with van der Waals surface area (Å²) in [5.41, 5.74) is 8.02. The highest BCUT2D eigenvalue weighted by Crippen LogP contribution is 2.34. The molecule has 2 atom stereocenters. The Morgan fingerprint density at radius 1 is 1.16 bits per heavy atom. The molecule has 9 heteroatoms. The van der Waals surface area contributed by atoms with Gasteiger partial charge < -0.3 is 20.9 Å². The third-order valence-corrected chi connectivity index (χ3v) is 7.38. The average molecular weight is 548 g/mol. The van der Waals surface area contributed by atoms with Crippen molar-refractivity contribution in [2.24, 2.45) is 17.6 Å². The van der Waals surface area contributed by atoms with E-state index in [1.54, 1.807) is 6.20 Å². The van der Waals surface area contributed by atoms with E-state index in [0.717, 1.165) is 66.8 Å². The number of hydrogen-bond acceptors (Lipinski definition) is 6. The fourth-order valence-electron chi connectivity index (χ4n) is 4.53. The Morgan fingerprint density at radius 3 is 2.56 bits per heavy atom. The molecule has 0 bridgehead atoms.